The topological polar surface area (TPSA) is 46.9 Å². The van der Waals surface area contributed by atoms with Crippen molar-refractivity contribution in [1.29, 1.82) is 0 Å². The molecule has 1 N–H and O–H groups in total. The van der Waals surface area contributed by atoms with E-state index < -0.39 is 0 Å². The molecule has 32 heavy (non-hydrogen) atoms. The van der Waals surface area contributed by atoms with Crippen LogP contribution >= 0.6 is 0 Å². The lowest BCUT2D eigenvalue weighted by Crippen LogP contribution is -2.25. The number of para-hydroxylation sites is 2. The first kappa shape index (κ1) is 21.8. The van der Waals surface area contributed by atoms with Crippen LogP contribution in [-0.4, -0.2) is 22.0 Å². The van der Waals surface area contributed by atoms with Gasteiger partial charge in [-0.2, -0.15) is 0 Å². The van der Waals surface area contributed by atoms with E-state index in [-0.39, 0.29) is 11.7 Å². The summed E-state index contributed by atoms with van der Waals surface area (Å²) in [4.78, 5) is 17.1. The van der Waals surface area contributed by atoms with Crippen molar-refractivity contribution in [3.8, 4) is 0 Å². The minimum absolute atomic E-state index is 0.190. The molecule has 0 fully saturated rings. The highest BCUT2D eigenvalue weighted by Gasteiger charge is 2.14. The van der Waals surface area contributed by atoms with Gasteiger partial charge in [0.15, 0.2) is 0 Å². The minimum atomic E-state index is -0.348. The molecule has 164 valence electrons. The summed E-state index contributed by atoms with van der Waals surface area (Å²) in [6.07, 6.45) is 1.52. The Labute approximate surface area is 188 Å². The van der Waals surface area contributed by atoms with E-state index >= 15 is 0 Å². The summed E-state index contributed by atoms with van der Waals surface area (Å²) in [6.45, 7) is 7.76. The largest absolute Gasteiger partial charge is 0.352 e. The maximum absolute atomic E-state index is 13.1. The van der Waals surface area contributed by atoms with Gasteiger partial charge in [-0.1, -0.05) is 29.8 Å². The second-order valence-electron chi connectivity index (χ2n) is 8.35. The van der Waals surface area contributed by atoms with Crippen LogP contribution in [-0.2, 0) is 13.0 Å². The van der Waals surface area contributed by atoms with Gasteiger partial charge in [0.1, 0.15) is 11.6 Å². The van der Waals surface area contributed by atoms with Crippen LogP contribution in [0, 0.1) is 26.6 Å². The van der Waals surface area contributed by atoms with Crippen LogP contribution in [0.2, 0.25) is 0 Å². The monoisotopic (exact) mass is 429 g/mol. The molecule has 1 heterocycles. The standard InChI is InChI=1S/C27H28FN3O/c1-18-15-19(2)23(20(3)16-18)17-31-25-8-5-4-7-24(25)30-26(31)9-6-14-29-27(32)21-10-12-22(28)13-11-21/h4-5,7-8,10-13,15-16H,6,9,14,17H2,1-3H3,(H,29,32). The van der Waals surface area contributed by atoms with Crippen molar-refractivity contribution in [3.63, 3.8) is 0 Å². The minimum Gasteiger partial charge on any atom is -0.352 e. The smallest absolute Gasteiger partial charge is 0.251 e. The second kappa shape index (κ2) is 9.35. The van der Waals surface area contributed by atoms with Gasteiger partial charge < -0.3 is 9.88 Å². The molecule has 0 bridgehead atoms. The van der Waals surface area contributed by atoms with E-state index in [0.717, 1.165) is 36.2 Å². The molecule has 0 saturated carbocycles. The van der Waals surface area contributed by atoms with E-state index in [1.54, 1.807) is 0 Å². The SMILES string of the molecule is Cc1cc(C)c(Cn2c(CCCNC(=O)c3ccc(F)cc3)nc3ccccc32)c(C)c1. The molecule has 5 heteroatoms. The molecule has 0 radical (unpaired) electrons. The van der Waals surface area contributed by atoms with Crippen molar-refractivity contribution >= 4 is 16.9 Å². The quantitative estimate of drug-likeness (QED) is 0.394. The molecule has 0 atom stereocenters. The first-order valence-corrected chi connectivity index (χ1v) is 11.0. The fourth-order valence-corrected chi connectivity index (χ4v) is 4.26. The number of aromatic nitrogens is 2. The van der Waals surface area contributed by atoms with E-state index in [1.807, 2.05) is 18.2 Å². The van der Waals surface area contributed by atoms with Crippen LogP contribution in [0.1, 0.15) is 44.9 Å². The first-order valence-electron chi connectivity index (χ1n) is 11.0. The number of fused-ring (bicyclic) bond motifs is 1. The number of imidazole rings is 1. The first-order chi connectivity index (χ1) is 15.4. The summed E-state index contributed by atoms with van der Waals surface area (Å²) in [5.41, 5.74) is 7.75. The van der Waals surface area contributed by atoms with E-state index in [0.29, 0.717) is 12.1 Å². The Hall–Kier alpha value is -3.47. The zero-order chi connectivity index (χ0) is 22.7. The van der Waals surface area contributed by atoms with Gasteiger partial charge in [-0.15, -0.1) is 0 Å². The van der Waals surface area contributed by atoms with Crippen LogP contribution in [0.5, 0.6) is 0 Å². The van der Waals surface area contributed by atoms with Gasteiger partial charge in [0.05, 0.1) is 11.0 Å². The van der Waals surface area contributed by atoms with Gasteiger partial charge in [0.2, 0.25) is 0 Å². The summed E-state index contributed by atoms with van der Waals surface area (Å²) in [5.74, 6) is 0.477. The fourth-order valence-electron chi connectivity index (χ4n) is 4.26. The number of halogens is 1. The normalized spacial score (nSPS) is 11.1. The van der Waals surface area contributed by atoms with Gasteiger partial charge in [0, 0.05) is 25.1 Å². The third-order valence-corrected chi connectivity index (χ3v) is 5.86. The molecule has 0 aliphatic carbocycles. The predicted molar refractivity (Wildman–Crippen MR) is 127 cm³/mol. The van der Waals surface area contributed by atoms with Gasteiger partial charge >= 0.3 is 0 Å². The second-order valence-corrected chi connectivity index (χ2v) is 8.35. The molecule has 0 aliphatic rings. The van der Waals surface area contributed by atoms with E-state index in [2.05, 4.69) is 48.9 Å². The number of carbonyl (C=O) groups is 1. The number of hydrogen-bond donors (Lipinski definition) is 1. The Morgan fingerprint density at radius 2 is 1.69 bits per heavy atom. The zero-order valence-electron chi connectivity index (χ0n) is 18.8. The highest BCUT2D eigenvalue weighted by Crippen LogP contribution is 2.23. The van der Waals surface area contributed by atoms with Crippen molar-refractivity contribution < 1.29 is 9.18 Å². The molecule has 0 spiro atoms. The Morgan fingerprint density at radius 1 is 1.00 bits per heavy atom. The summed E-state index contributed by atoms with van der Waals surface area (Å²) in [7, 11) is 0. The summed E-state index contributed by atoms with van der Waals surface area (Å²) in [5, 5.41) is 2.92. The maximum atomic E-state index is 13.1. The van der Waals surface area contributed by atoms with E-state index in [1.165, 1.54) is 46.5 Å². The molecular weight excluding hydrogens is 401 g/mol. The Morgan fingerprint density at radius 3 is 2.41 bits per heavy atom. The molecule has 0 aliphatic heterocycles. The lowest BCUT2D eigenvalue weighted by atomic mass is 9.99. The van der Waals surface area contributed by atoms with Gasteiger partial charge in [0.25, 0.3) is 5.91 Å². The molecule has 4 nitrogen and oxygen atoms in total. The Kier molecular flexibility index (Phi) is 6.35. The number of nitrogens with zero attached hydrogens (tertiary/aromatic N) is 2. The number of hydrogen-bond acceptors (Lipinski definition) is 2. The summed E-state index contributed by atoms with van der Waals surface area (Å²) < 4.78 is 15.3. The van der Waals surface area contributed by atoms with Crippen LogP contribution in [0.3, 0.4) is 0 Å². The zero-order valence-corrected chi connectivity index (χ0v) is 18.8. The molecular formula is C27H28FN3O. The Bertz CT molecular complexity index is 1230. The van der Waals surface area contributed by atoms with E-state index in [4.69, 9.17) is 4.98 Å². The van der Waals surface area contributed by atoms with Crippen LogP contribution in [0.15, 0.2) is 60.7 Å². The predicted octanol–water partition coefficient (Wildman–Crippen LogP) is 5.51. The highest BCUT2D eigenvalue weighted by atomic mass is 19.1. The molecule has 0 unspecified atom stereocenters. The van der Waals surface area contributed by atoms with Crippen molar-refractivity contribution in [2.45, 2.75) is 40.2 Å². The van der Waals surface area contributed by atoms with E-state index in [9.17, 15) is 9.18 Å². The Balaban J connectivity index is 1.49. The third kappa shape index (κ3) is 4.72. The number of rotatable bonds is 7. The van der Waals surface area contributed by atoms with Crippen LogP contribution in [0.4, 0.5) is 4.39 Å². The molecule has 0 saturated heterocycles. The molecule has 4 aromatic rings. The van der Waals surface area contributed by atoms with Gasteiger partial charge in [-0.25, -0.2) is 9.37 Å². The van der Waals surface area contributed by atoms with Crippen LogP contribution in [0.25, 0.3) is 11.0 Å². The number of aryl methyl sites for hydroxylation is 4. The van der Waals surface area contributed by atoms with Gasteiger partial charge in [-0.05, 0) is 80.3 Å². The number of nitrogens with one attached hydrogen (secondary N) is 1. The van der Waals surface area contributed by atoms with Crippen molar-refractivity contribution in [2.75, 3.05) is 6.54 Å². The lowest BCUT2D eigenvalue weighted by molar-refractivity contribution is 0.0953. The molecule has 3 aromatic carbocycles. The summed E-state index contributed by atoms with van der Waals surface area (Å²) in [6, 6.07) is 18.3. The van der Waals surface area contributed by atoms with Crippen LogP contribution < -0.4 is 5.32 Å². The highest BCUT2D eigenvalue weighted by molar-refractivity contribution is 5.94. The average molecular weight is 430 g/mol. The fraction of sp³-hybridized carbons (Fsp3) is 0.259. The maximum Gasteiger partial charge on any atom is 0.251 e. The third-order valence-electron chi connectivity index (χ3n) is 5.86. The molecule has 4 rings (SSSR count). The van der Waals surface area contributed by atoms with Crippen molar-refractivity contribution in [1.82, 2.24) is 14.9 Å². The summed E-state index contributed by atoms with van der Waals surface area (Å²) >= 11 is 0. The number of amides is 1. The lowest BCUT2D eigenvalue weighted by Gasteiger charge is -2.15. The van der Waals surface area contributed by atoms with Crippen molar-refractivity contribution in [3.05, 3.63) is 100 Å². The number of carbonyl (C=O) groups excluding carboxylic acids is 1. The average Bonchev–Trinajstić information content (AvgIpc) is 3.11. The number of benzene rings is 3. The molecule has 1 aromatic heterocycles. The molecule has 1 amide bonds. The van der Waals surface area contributed by atoms with Gasteiger partial charge in [-0.3, -0.25) is 4.79 Å². The van der Waals surface area contributed by atoms with Crippen molar-refractivity contribution in [2.24, 2.45) is 0 Å².